The number of aryl methyl sites for hydroxylation is 1. The minimum atomic E-state index is -0.948. The molecule has 0 spiro atoms. The molecule has 0 amide bonds. The number of carboxylic acid groups (broad SMARTS) is 1. The SMILES string of the molecule is Cc1ccnc(NCc2ccc(C(=O)O)cc2)c1C#N. The molecule has 0 fully saturated rings. The summed E-state index contributed by atoms with van der Waals surface area (Å²) in [6, 6.07) is 10.5. The number of nitriles is 1. The molecule has 2 aromatic rings. The first-order chi connectivity index (χ1) is 9.61. The van der Waals surface area contributed by atoms with Crippen molar-refractivity contribution in [2.24, 2.45) is 0 Å². The number of rotatable bonds is 4. The third-order valence-corrected chi connectivity index (χ3v) is 2.93. The molecule has 0 saturated carbocycles. The lowest BCUT2D eigenvalue weighted by Crippen LogP contribution is -2.05. The molecule has 2 N–H and O–H groups in total. The van der Waals surface area contributed by atoms with E-state index in [2.05, 4.69) is 16.4 Å². The molecule has 5 nitrogen and oxygen atoms in total. The first kappa shape index (κ1) is 13.6. The Morgan fingerprint density at radius 3 is 2.65 bits per heavy atom. The number of hydrogen-bond acceptors (Lipinski definition) is 4. The van der Waals surface area contributed by atoms with Crippen LogP contribution in [-0.2, 0) is 6.54 Å². The second kappa shape index (κ2) is 5.85. The number of pyridine rings is 1. The van der Waals surface area contributed by atoms with Crippen molar-refractivity contribution in [3.05, 3.63) is 58.8 Å². The van der Waals surface area contributed by atoms with Gasteiger partial charge in [0.25, 0.3) is 0 Å². The van der Waals surface area contributed by atoms with Crippen LogP contribution in [0.3, 0.4) is 0 Å². The summed E-state index contributed by atoms with van der Waals surface area (Å²) in [7, 11) is 0. The van der Waals surface area contributed by atoms with Crippen molar-refractivity contribution >= 4 is 11.8 Å². The van der Waals surface area contributed by atoms with E-state index in [4.69, 9.17) is 10.4 Å². The Morgan fingerprint density at radius 1 is 1.35 bits per heavy atom. The minimum Gasteiger partial charge on any atom is -0.478 e. The molecule has 0 saturated heterocycles. The Morgan fingerprint density at radius 2 is 2.05 bits per heavy atom. The monoisotopic (exact) mass is 267 g/mol. The first-order valence-electron chi connectivity index (χ1n) is 6.03. The largest absolute Gasteiger partial charge is 0.478 e. The van der Waals surface area contributed by atoms with Gasteiger partial charge in [-0.3, -0.25) is 0 Å². The second-order valence-corrected chi connectivity index (χ2v) is 4.32. The smallest absolute Gasteiger partial charge is 0.335 e. The summed E-state index contributed by atoms with van der Waals surface area (Å²) in [5.74, 6) is -0.411. The third kappa shape index (κ3) is 2.93. The van der Waals surface area contributed by atoms with E-state index in [1.165, 1.54) is 0 Å². The molecule has 0 unspecified atom stereocenters. The number of anilines is 1. The molecule has 1 aromatic carbocycles. The van der Waals surface area contributed by atoms with Crippen molar-refractivity contribution in [3.63, 3.8) is 0 Å². The highest BCUT2D eigenvalue weighted by atomic mass is 16.4. The summed E-state index contributed by atoms with van der Waals surface area (Å²) in [6.07, 6.45) is 1.64. The maximum Gasteiger partial charge on any atom is 0.335 e. The Labute approximate surface area is 116 Å². The molecule has 0 aliphatic carbocycles. The molecule has 0 aliphatic rings. The van der Waals surface area contributed by atoms with Gasteiger partial charge in [0.05, 0.1) is 11.1 Å². The molecule has 1 heterocycles. The van der Waals surface area contributed by atoms with Crippen molar-refractivity contribution < 1.29 is 9.90 Å². The van der Waals surface area contributed by atoms with E-state index in [1.807, 2.05) is 6.92 Å². The predicted molar refractivity (Wildman–Crippen MR) is 74.4 cm³/mol. The number of benzene rings is 1. The van der Waals surface area contributed by atoms with Crippen LogP contribution < -0.4 is 5.32 Å². The van der Waals surface area contributed by atoms with Crippen LogP contribution in [0.15, 0.2) is 36.5 Å². The van der Waals surface area contributed by atoms with E-state index in [9.17, 15) is 4.79 Å². The van der Waals surface area contributed by atoms with Gasteiger partial charge < -0.3 is 10.4 Å². The minimum absolute atomic E-state index is 0.250. The zero-order chi connectivity index (χ0) is 14.5. The summed E-state index contributed by atoms with van der Waals surface area (Å²) < 4.78 is 0. The van der Waals surface area contributed by atoms with Gasteiger partial charge in [0, 0.05) is 12.7 Å². The van der Waals surface area contributed by atoms with Gasteiger partial charge in [0.15, 0.2) is 0 Å². The molecule has 100 valence electrons. The van der Waals surface area contributed by atoms with Crippen LogP contribution in [0.2, 0.25) is 0 Å². The Bertz CT molecular complexity index is 673. The predicted octanol–water partition coefficient (Wildman–Crippen LogP) is 2.57. The van der Waals surface area contributed by atoms with Gasteiger partial charge in [0.1, 0.15) is 11.9 Å². The molecule has 5 heteroatoms. The molecular weight excluding hydrogens is 254 g/mol. The molecule has 0 aliphatic heterocycles. The van der Waals surface area contributed by atoms with Crippen molar-refractivity contribution in [2.75, 3.05) is 5.32 Å². The maximum absolute atomic E-state index is 10.8. The van der Waals surface area contributed by atoms with Crippen LogP contribution in [0.25, 0.3) is 0 Å². The topological polar surface area (TPSA) is 86.0 Å². The molecule has 0 radical (unpaired) electrons. The third-order valence-electron chi connectivity index (χ3n) is 2.93. The molecule has 20 heavy (non-hydrogen) atoms. The first-order valence-corrected chi connectivity index (χ1v) is 6.03. The van der Waals surface area contributed by atoms with E-state index < -0.39 is 5.97 Å². The van der Waals surface area contributed by atoms with Gasteiger partial charge in [-0.2, -0.15) is 5.26 Å². The van der Waals surface area contributed by atoms with Gasteiger partial charge in [-0.1, -0.05) is 12.1 Å². The normalized spacial score (nSPS) is 9.80. The fourth-order valence-corrected chi connectivity index (χ4v) is 1.78. The maximum atomic E-state index is 10.8. The quantitative estimate of drug-likeness (QED) is 0.889. The van der Waals surface area contributed by atoms with Crippen LogP contribution >= 0.6 is 0 Å². The lowest BCUT2D eigenvalue weighted by Gasteiger charge is -2.08. The number of aromatic nitrogens is 1. The summed E-state index contributed by atoms with van der Waals surface area (Å²) in [4.78, 5) is 14.9. The van der Waals surface area contributed by atoms with Crippen LogP contribution in [0.5, 0.6) is 0 Å². The fourth-order valence-electron chi connectivity index (χ4n) is 1.78. The lowest BCUT2D eigenvalue weighted by molar-refractivity contribution is 0.0697. The van der Waals surface area contributed by atoms with E-state index in [0.717, 1.165) is 11.1 Å². The zero-order valence-electron chi connectivity index (χ0n) is 10.9. The van der Waals surface area contributed by atoms with E-state index in [0.29, 0.717) is 17.9 Å². The number of carbonyl (C=O) groups is 1. The van der Waals surface area contributed by atoms with Crippen LogP contribution in [0.1, 0.15) is 27.0 Å². The van der Waals surface area contributed by atoms with Crippen LogP contribution in [0, 0.1) is 18.3 Å². The van der Waals surface area contributed by atoms with Gasteiger partial charge in [-0.05, 0) is 36.2 Å². The molecule has 2 rings (SSSR count). The lowest BCUT2D eigenvalue weighted by atomic mass is 10.1. The highest BCUT2D eigenvalue weighted by molar-refractivity contribution is 5.87. The number of nitrogens with one attached hydrogen (secondary N) is 1. The van der Waals surface area contributed by atoms with Gasteiger partial charge in [0.2, 0.25) is 0 Å². The molecule has 0 bridgehead atoms. The Balaban J connectivity index is 2.11. The molecule has 1 aromatic heterocycles. The molecule has 0 atom stereocenters. The highest BCUT2D eigenvalue weighted by Crippen LogP contribution is 2.16. The van der Waals surface area contributed by atoms with Crippen molar-refractivity contribution in [2.45, 2.75) is 13.5 Å². The van der Waals surface area contributed by atoms with Crippen molar-refractivity contribution in [3.8, 4) is 6.07 Å². The summed E-state index contributed by atoms with van der Waals surface area (Å²) in [5, 5.41) is 21.0. The van der Waals surface area contributed by atoms with E-state index in [1.54, 1.807) is 36.5 Å². The van der Waals surface area contributed by atoms with Crippen LogP contribution in [0.4, 0.5) is 5.82 Å². The number of carboxylic acids is 1. The van der Waals surface area contributed by atoms with Gasteiger partial charge in [-0.25, -0.2) is 9.78 Å². The average Bonchev–Trinajstić information content (AvgIpc) is 2.45. The van der Waals surface area contributed by atoms with Gasteiger partial charge >= 0.3 is 5.97 Å². The van der Waals surface area contributed by atoms with Crippen LogP contribution in [-0.4, -0.2) is 16.1 Å². The average molecular weight is 267 g/mol. The van der Waals surface area contributed by atoms with Gasteiger partial charge in [-0.15, -0.1) is 0 Å². The number of aromatic carboxylic acids is 1. The standard InChI is InChI=1S/C15H13N3O2/c1-10-6-7-17-14(13(10)8-16)18-9-11-2-4-12(5-3-11)15(19)20/h2-7H,9H2,1H3,(H,17,18)(H,19,20). The van der Waals surface area contributed by atoms with Crippen molar-refractivity contribution in [1.82, 2.24) is 4.98 Å². The Hall–Kier alpha value is -2.87. The summed E-state index contributed by atoms with van der Waals surface area (Å²) >= 11 is 0. The number of hydrogen-bond donors (Lipinski definition) is 2. The zero-order valence-corrected chi connectivity index (χ0v) is 10.9. The Kier molecular flexibility index (Phi) is 3.96. The second-order valence-electron chi connectivity index (χ2n) is 4.32. The molecular formula is C15H13N3O2. The van der Waals surface area contributed by atoms with Crippen molar-refractivity contribution in [1.29, 1.82) is 5.26 Å². The van der Waals surface area contributed by atoms with E-state index >= 15 is 0 Å². The summed E-state index contributed by atoms with van der Waals surface area (Å²) in [5.41, 5.74) is 2.56. The summed E-state index contributed by atoms with van der Waals surface area (Å²) in [6.45, 7) is 2.33. The fraction of sp³-hybridized carbons (Fsp3) is 0.133. The number of nitrogens with zero attached hydrogens (tertiary/aromatic N) is 2. The van der Waals surface area contributed by atoms with E-state index in [-0.39, 0.29) is 5.56 Å². The highest BCUT2D eigenvalue weighted by Gasteiger charge is 2.06.